The van der Waals surface area contributed by atoms with E-state index < -0.39 is 0 Å². The lowest BCUT2D eigenvalue weighted by atomic mass is 9.84. The molecule has 0 aliphatic carbocycles. The van der Waals surface area contributed by atoms with E-state index >= 15 is 0 Å². The maximum Gasteiger partial charge on any atom is 0.224 e. The van der Waals surface area contributed by atoms with Gasteiger partial charge in [-0.2, -0.15) is 0 Å². The van der Waals surface area contributed by atoms with Gasteiger partial charge >= 0.3 is 0 Å². The van der Waals surface area contributed by atoms with Crippen molar-refractivity contribution in [1.82, 2.24) is 4.90 Å². The number of allylic oxidation sites excluding steroid dienone is 4. The Morgan fingerprint density at radius 1 is 1.31 bits per heavy atom. The number of benzene rings is 1. The molecule has 2 rings (SSSR count). The largest absolute Gasteiger partial charge is 0.392 e. The van der Waals surface area contributed by atoms with E-state index in [2.05, 4.69) is 6.08 Å². The van der Waals surface area contributed by atoms with Crippen LogP contribution in [-0.2, 0) is 16.2 Å². The van der Waals surface area contributed by atoms with Crippen molar-refractivity contribution in [3.05, 3.63) is 53.6 Å². The summed E-state index contributed by atoms with van der Waals surface area (Å²) in [6, 6.07) is 7.52. The molecular formula is C22H29NO3. The average molecular weight is 355 g/mol. The number of aldehydes is 1. The van der Waals surface area contributed by atoms with Gasteiger partial charge in [0.05, 0.1) is 12.6 Å². The third-order valence-electron chi connectivity index (χ3n) is 4.75. The fourth-order valence-corrected chi connectivity index (χ4v) is 3.42. The molecule has 1 amide bonds. The Bertz CT molecular complexity index is 686. The number of rotatable bonds is 7. The second-order valence-electron chi connectivity index (χ2n) is 7.55. The molecule has 1 heterocycles. The van der Waals surface area contributed by atoms with Gasteiger partial charge in [-0.1, -0.05) is 56.3 Å². The van der Waals surface area contributed by atoms with Crippen molar-refractivity contribution < 1.29 is 14.7 Å². The standard InChI is InChI=1S/C22H29NO3/c1-4-6-19(18-10-8-17(15-24)9-11-18)13-22(2,3)14-21(26)23-12-5-7-20(23)16-25/h4,6,8-11,13,16,20,24H,5,7,12,14-15H2,1-3H3/b6-4-,19-13+. The predicted molar refractivity (Wildman–Crippen MR) is 104 cm³/mol. The second kappa shape index (κ2) is 8.95. The molecule has 4 heteroatoms. The molecule has 0 saturated carbocycles. The summed E-state index contributed by atoms with van der Waals surface area (Å²) in [5.74, 6) is 0.0382. The molecule has 0 radical (unpaired) electrons. The van der Waals surface area contributed by atoms with Crippen LogP contribution in [0.15, 0.2) is 42.5 Å². The van der Waals surface area contributed by atoms with E-state index in [0.717, 1.165) is 35.8 Å². The summed E-state index contributed by atoms with van der Waals surface area (Å²) in [6.07, 6.45) is 9.05. The summed E-state index contributed by atoms with van der Waals surface area (Å²) in [4.78, 5) is 25.6. The number of amides is 1. The molecule has 1 atom stereocenters. The van der Waals surface area contributed by atoms with Crippen molar-refractivity contribution in [2.24, 2.45) is 5.41 Å². The van der Waals surface area contributed by atoms with E-state index in [1.54, 1.807) is 4.90 Å². The lowest BCUT2D eigenvalue weighted by molar-refractivity contribution is -0.135. The Kier molecular flexibility index (Phi) is 6.92. The highest BCUT2D eigenvalue weighted by Crippen LogP contribution is 2.31. The fraction of sp³-hybridized carbons (Fsp3) is 0.455. The van der Waals surface area contributed by atoms with Crippen LogP contribution in [0.3, 0.4) is 0 Å². The first kappa shape index (κ1) is 20.1. The summed E-state index contributed by atoms with van der Waals surface area (Å²) in [5.41, 5.74) is 2.63. The molecule has 1 aliphatic rings. The molecule has 1 aromatic rings. The summed E-state index contributed by atoms with van der Waals surface area (Å²) in [7, 11) is 0. The number of carbonyl (C=O) groups excluding carboxylic acids is 2. The highest BCUT2D eigenvalue weighted by atomic mass is 16.3. The number of aliphatic hydroxyl groups excluding tert-OH is 1. The Morgan fingerprint density at radius 3 is 2.58 bits per heavy atom. The minimum atomic E-state index is -0.336. The zero-order valence-electron chi connectivity index (χ0n) is 15.9. The molecule has 1 unspecified atom stereocenters. The number of nitrogens with zero attached hydrogens (tertiary/aromatic N) is 1. The van der Waals surface area contributed by atoms with Gasteiger partial charge in [-0.05, 0) is 41.9 Å². The van der Waals surface area contributed by atoms with Crippen LogP contribution >= 0.6 is 0 Å². The third kappa shape index (κ3) is 5.15. The van der Waals surface area contributed by atoms with Gasteiger partial charge in [-0.25, -0.2) is 0 Å². The number of hydrogen-bond acceptors (Lipinski definition) is 3. The summed E-state index contributed by atoms with van der Waals surface area (Å²) >= 11 is 0. The zero-order chi connectivity index (χ0) is 19.2. The van der Waals surface area contributed by atoms with Crippen molar-refractivity contribution in [3.8, 4) is 0 Å². The van der Waals surface area contributed by atoms with Gasteiger partial charge in [0.25, 0.3) is 0 Å². The molecule has 4 nitrogen and oxygen atoms in total. The Labute approximate surface area is 156 Å². The van der Waals surface area contributed by atoms with Gasteiger partial charge in [-0.15, -0.1) is 0 Å². The van der Waals surface area contributed by atoms with Crippen LogP contribution in [0.25, 0.3) is 5.57 Å². The molecule has 1 N–H and O–H groups in total. The topological polar surface area (TPSA) is 57.6 Å². The second-order valence-corrected chi connectivity index (χ2v) is 7.55. The predicted octanol–water partition coefficient (Wildman–Crippen LogP) is 3.74. The maximum atomic E-state index is 12.7. The van der Waals surface area contributed by atoms with Crippen molar-refractivity contribution in [2.45, 2.75) is 52.7 Å². The van der Waals surface area contributed by atoms with Crippen molar-refractivity contribution in [1.29, 1.82) is 0 Å². The van der Waals surface area contributed by atoms with Crippen LogP contribution in [0.5, 0.6) is 0 Å². The third-order valence-corrected chi connectivity index (χ3v) is 4.75. The summed E-state index contributed by atoms with van der Waals surface area (Å²) in [5, 5.41) is 9.21. The first-order valence-electron chi connectivity index (χ1n) is 9.20. The molecule has 0 spiro atoms. The monoisotopic (exact) mass is 355 g/mol. The van der Waals surface area contributed by atoms with Crippen molar-refractivity contribution >= 4 is 17.8 Å². The molecule has 1 fully saturated rings. The van der Waals surface area contributed by atoms with E-state index in [1.165, 1.54) is 0 Å². The van der Waals surface area contributed by atoms with E-state index in [-0.39, 0.29) is 24.0 Å². The number of likely N-dealkylation sites (tertiary alicyclic amines) is 1. The van der Waals surface area contributed by atoms with Crippen LogP contribution in [0.4, 0.5) is 0 Å². The quantitative estimate of drug-likeness (QED) is 0.599. The van der Waals surface area contributed by atoms with Crippen molar-refractivity contribution in [3.63, 3.8) is 0 Å². The van der Waals surface area contributed by atoms with Crippen LogP contribution in [-0.4, -0.2) is 34.8 Å². The lowest BCUT2D eigenvalue weighted by Gasteiger charge is -2.27. The van der Waals surface area contributed by atoms with Gasteiger partial charge in [0.15, 0.2) is 0 Å². The van der Waals surface area contributed by atoms with Gasteiger partial charge in [0, 0.05) is 13.0 Å². The smallest absolute Gasteiger partial charge is 0.224 e. The van der Waals surface area contributed by atoms with Crippen LogP contribution in [0.2, 0.25) is 0 Å². The van der Waals surface area contributed by atoms with Crippen molar-refractivity contribution in [2.75, 3.05) is 6.54 Å². The molecule has 0 aromatic heterocycles. The lowest BCUT2D eigenvalue weighted by Crippen LogP contribution is -2.38. The van der Waals surface area contributed by atoms with Gasteiger partial charge in [0.1, 0.15) is 6.29 Å². The minimum absolute atomic E-state index is 0.0245. The summed E-state index contributed by atoms with van der Waals surface area (Å²) in [6.45, 7) is 6.75. The van der Waals surface area contributed by atoms with E-state index in [9.17, 15) is 14.7 Å². The molecular weight excluding hydrogens is 326 g/mol. The Balaban J connectivity index is 2.20. The summed E-state index contributed by atoms with van der Waals surface area (Å²) < 4.78 is 0. The van der Waals surface area contributed by atoms with E-state index in [1.807, 2.05) is 57.2 Å². The molecule has 0 bridgehead atoms. The van der Waals surface area contributed by atoms with E-state index in [4.69, 9.17) is 0 Å². The van der Waals surface area contributed by atoms with Gasteiger partial charge in [-0.3, -0.25) is 4.79 Å². The van der Waals surface area contributed by atoms with Crippen LogP contribution in [0, 0.1) is 5.41 Å². The van der Waals surface area contributed by atoms with Crippen LogP contribution < -0.4 is 0 Å². The SMILES string of the molecule is C/C=C\C(=C/C(C)(C)CC(=O)N1CCCC1C=O)c1ccc(CO)cc1. The number of aliphatic hydroxyl groups is 1. The highest BCUT2D eigenvalue weighted by Gasteiger charge is 2.31. The average Bonchev–Trinajstić information content (AvgIpc) is 3.10. The van der Waals surface area contributed by atoms with Gasteiger partial charge < -0.3 is 14.8 Å². The molecule has 1 aliphatic heterocycles. The normalized spacial score (nSPS) is 18.5. The first-order valence-corrected chi connectivity index (χ1v) is 9.20. The fourth-order valence-electron chi connectivity index (χ4n) is 3.42. The van der Waals surface area contributed by atoms with Gasteiger partial charge in [0.2, 0.25) is 5.91 Å². The number of hydrogen-bond donors (Lipinski definition) is 1. The highest BCUT2D eigenvalue weighted by molar-refractivity contribution is 5.82. The molecule has 140 valence electrons. The molecule has 26 heavy (non-hydrogen) atoms. The van der Waals surface area contributed by atoms with E-state index in [0.29, 0.717) is 13.0 Å². The molecule has 1 aromatic carbocycles. The maximum absolute atomic E-state index is 12.7. The Hall–Kier alpha value is -2.20. The Morgan fingerprint density at radius 2 is 2.00 bits per heavy atom. The first-order chi connectivity index (χ1) is 12.4. The zero-order valence-corrected chi connectivity index (χ0v) is 15.9. The van der Waals surface area contributed by atoms with Crippen LogP contribution in [0.1, 0.15) is 51.2 Å². The minimum Gasteiger partial charge on any atom is -0.392 e. The number of carbonyl (C=O) groups is 2. The molecule has 1 saturated heterocycles.